The van der Waals surface area contributed by atoms with Crippen LogP contribution in [-0.4, -0.2) is 11.7 Å². The van der Waals surface area contributed by atoms with Gasteiger partial charge in [0.05, 0.1) is 4.47 Å². The first kappa shape index (κ1) is 9.25. The minimum absolute atomic E-state index is 0.0642. The molecule has 0 aliphatic rings. The van der Waals surface area contributed by atoms with E-state index in [0.717, 1.165) is 6.07 Å². The molecule has 5 heteroatoms. The average Bonchev–Trinajstić information content (AvgIpc) is 1.96. The first-order valence-corrected chi connectivity index (χ1v) is 3.82. The van der Waals surface area contributed by atoms with Crippen molar-refractivity contribution in [2.45, 2.75) is 6.61 Å². The fourth-order valence-corrected chi connectivity index (χ4v) is 0.915. The Morgan fingerprint density at radius 3 is 2.58 bits per heavy atom. The number of hydrogen-bond donors (Lipinski definition) is 1. The van der Waals surface area contributed by atoms with E-state index in [1.165, 1.54) is 12.1 Å². The van der Waals surface area contributed by atoms with E-state index < -0.39 is 6.61 Å². The predicted molar refractivity (Wildman–Crippen MR) is 42.4 cm³/mol. The van der Waals surface area contributed by atoms with Gasteiger partial charge < -0.3 is 9.84 Å². The molecule has 1 rings (SSSR count). The number of rotatable bonds is 2. The second kappa shape index (κ2) is 3.71. The van der Waals surface area contributed by atoms with Crippen LogP contribution in [0.3, 0.4) is 0 Å². The number of ether oxygens (including phenoxy) is 1. The first-order chi connectivity index (χ1) is 5.59. The van der Waals surface area contributed by atoms with Crippen molar-refractivity contribution in [2.75, 3.05) is 0 Å². The zero-order chi connectivity index (χ0) is 9.14. The molecule has 0 aliphatic carbocycles. The lowest BCUT2D eigenvalue weighted by molar-refractivity contribution is -0.0499. The minimum Gasteiger partial charge on any atom is -0.507 e. The number of alkyl halides is 2. The first-order valence-electron chi connectivity index (χ1n) is 3.03. The summed E-state index contributed by atoms with van der Waals surface area (Å²) in [7, 11) is 0. The molecule has 0 saturated carbocycles. The Bertz CT molecular complexity index is 278. The topological polar surface area (TPSA) is 29.5 Å². The Labute approximate surface area is 75.9 Å². The second-order valence-corrected chi connectivity index (χ2v) is 2.85. The molecule has 0 atom stereocenters. The van der Waals surface area contributed by atoms with Gasteiger partial charge in [0.15, 0.2) is 0 Å². The van der Waals surface area contributed by atoms with E-state index in [0.29, 0.717) is 4.47 Å². The normalized spacial score (nSPS) is 10.3. The number of hydrogen-bond acceptors (Lipinski definition) is 2. The Balaban J connectivity index is 2.82. The van der Waals surface area contributed by atoms with E-state index in [9.17, 15) is 8.78 Å². The van der Waals surface area contributed by atoms with Crippen LogP contribution in [0, 0.1) is 0 Å². The van der Waals surface area contributed by atoms with Gasteiger partial charge in [0.25, 0.3) is 0 Å². The molecule has 1 aromatic carbocycles. The van der Waals surface area contributed by atoms with Crippen LogP contribution in [0.2, 0.25) is 0 Å². The SMILES string of the molecule is Oc1cc(OC(F)F)ccc1Br. The molecule has 66 valence electrons. The van der Waals surface area contributed by atoms with Gasteiger partial charge in [-0.15, -0.1) is 0 Å². The van der Waals surface area contributed by atoms with Crippen molar-refractivity contribution in [3.05, 3.63) is 22.7 Å². The van der Waals surface area contributed by atoms with Gasteiger partial charge in [-0.1, -0.05) is 0 Å². The van der Waals surface area contributed by atoms with Gasteiger partial charge in [-0.3, -0.25) is 0 Å². The summed E-state index contributed by atoms with van der Waals surface area (Å²) in [5.41, 5.74) is 0. The van der Waals surface area contributed by atoms with Gasteiger partial charge in [0, 0.05) is 6.07 Å². The summed E-state index contributed by atoms with van der Waals surface area (Å²) in [6.45, 7) is -2.87. The molecule has 0 amide bonds. The van der Waals surface area contributed by atoms with Crippen molar-refractivity contribution in [3.8, 4) is 11.5 Å². The fraction of sp³-hybridized carbons (Fsp3) is 0.143. The standard InChI is InChI=1S/C7H5BrF2O2/c8-5-2-1-4(3-6(5)11)12-7(9)10/h1-3,7,11H. The molecule has 2 nitrogen and oxygen atoms in total. The van der Waals surface area contributed by atoms with Crippen molar-refractivity contribution >= 4 is 15.9 Å². The van der Waals surface area contributed by atoms with Crippen molar-refractivity contribution in [2.24, 2.45) is 0 Å². The zero-order valence-corrected chi connectivity index (χ0v) is 7.38. The number of phenols is 1. The second-order valence-electron chi connectivity index (χ2n) is 1.99. The molecule has 0 unspecified atom stereocenters. The third kappa shape index (κ3) is 2.34. The highest BCUT2D eigenvalue weighted by molar-refractivity contribution is 9.10. The lowest BCUT2D eigenvalue weighted by atomic mass is 10.3. The maximum atomic E-state index is 11.6. The lowest BCUT2D eigenvalue weighted by Gasteiger charge is -2.04. The fourth-order valence-electron chi connectivity index (χ4n) is 0.669. The number of phenolic OH excluding ortho intramolecular Hbond substituents is 1. The Kier molecular flexibility index (Phi) is 2.86. The molecule has 0 heterocycles. The van der Waals surface area contributed by atoms with Crippen molar-refractivity contribution in [1.82, 2.24) is 0 Å². The maximum absolute atomic E-state index is 11.6. The Hall–Kier alpha value is -0.840. The van der Waals surface area contributed by atoms with Crippen LogP contribution in [0.5, 0.6) is 11.5 Å². The molecule has 0 aliphatic heterocycles. The maximum Gasteiger partial charge on any atom is 0.387 e. The third-order valence-electron chi connectivity index (χ3n) is 1.14. The highest BCUT2D eigenvalue weighted by atomic mass is 79.9. The van der Waals surface area contributed by atoms with E-state index in [1.807, 2.05) is 0 Å². The van der Waals surface area contributed by atoms with E-state index >= 15 is 0 Å². The molecular weight excluding hydrogens is 234 g/mol. The number of benzene rings is 1. The summed E-state index contributed by atoms with van der Waals surface area (Å²) in [4.78, 5) is 0. The molecule has 0 spiro atoms. The molecule has 1 N–H and O–H groups in total. The van der Waals surface area contributed by atoms with Crippen molar-refractivity contribution in [1.29, 1.82) is 0 Å². The van der Waals surface area contributed by atoms with Crippen molar-refractivity contribution < 1.29 is 18.6 Å². The van der Waals surface area contributed by atoms with Crippen LogP contribution in [0.25, 0.3) is 0 Å². The lowest BCUT2D eigenvalue weighted by Crippen LogP contribution is -2.01. The van der Waals surface area contributed by atoms with Crippen LogP contribution >= 0.6 is 15.9 Å². The number of halogens is 3. The largest absolute Gasteiger partial charge is 0.507 e. The zero-order valence-electron chi connectivity index (χ0n) is 5.80. The molecular formula is C7H5BrF2O2. The Morgan fingerprint density at radius 1 is 1.42 bits per heavy atom. The monoisotopic (exact) mass is 238 g/mol. The van der Waals surface area contributed by atoms with Crippen LogP contribution in [0.4, 0.5) is 8.78 Å². The predicted octanol–water partition coefficient (Wildman–Crippen LogP) is 2.76. The van der Waals surface area contributed by atoms with E-state index in [1.54, 1.807) is 0 Å². The van der Waals surface area contributed by atoms with Gasteiger partial charge in [-0.25, -0.2) is 0 Å². The van der Waals surface area contributed by atoms with Gasteiger partial charge in [0.1, 0.15) is 11.5 Å². The molecule has 0 saturated heterocycles. The summed E-state index contributed by atoms with van der Waals surface area (Å²) >= 11 is 3.00. The quantitative estimate of drug-likeness (QED) is 0.859. The van der Waals surface area contributed by atoms with Crippen LogP contribution in [0.15, 0.2) is 22.7 Å². The average molecular weight is 239 g/mol. The summed E-state index contributed by atoms with van der Waals surface area (Å²) in [5.74, 6) is -0.196. The van der Waals surface area contributed by atoms with E-state index in [4.69, 9.17) is 5.11 Å². The molecule has 12 heavy (non-hydrogen) atoms. The third-order valence-corrected chi connectivity index (χ3v) is 1.81. The summed E-state index contributed by atoms with van der Waals surface area (Å²) < 4.78 is 27.7. The van der Waals surface area contributed by atoms with Gasteiger partial charge in [-0.05, 0) is 28.1 Å². The summed E-state index contributed by atoms with van der Waals surface area (Å²) in [6, 6.07) is 3.86. The van der Waals surface area contributed by atoms with Gasteiger partial charge in [-0.2, -0.15) is 8.78 Å². The van der Waals surface area contributed by atoms with Crippen LogP contribution in [0.1, 0.15) is 0 Å². The molecule has 0 radical (unpaired) electrons. The molecule has 0 bridgehead atoms. The van der Waals surface area contributed by atoms with E-state index in [-0.39, 0.29) is 11.5 Å². The van der Waals surface area contributed by atoms with Crippen molar-refractivity contribution in [3.63, 3.8) is 0 Å². The highest BCUT2D eigenvalue weighted by Gasteiger charge is 2.05. The van der Waals surface area contributed by atoms with E-state index in [2.05, 4.69) is 20.7 Å². The van der Waals surface area contributed by atoms with Crippen LogP contribution < -0.4 is 4.74 Å². The smallest absolute Gasteiger partial charge is 0.387 e. The Morgan fingerprint density at radius 2 is 2.08 bits per heavy atom. The summed E-state index contributed by atoms with van der Waals surface area (Å²) in [6.07, 6.45) is 0. The summed E-state index contributed by atoms with van der Waals surface area (Å²) in [5, 5.41) is 9.04. The molecule has 0 fully saturated rings. The molecule has 0 aromatic heterocycles. The minimum atomic E-state index is -2.87. The highest BCUT2D eigenvalue weighted by Crippen LogP contribution is 2.28. The molecule has 1 aromatic rings. The number of aromatic hydroxyl groups is 1. The van der Waals surface area contributed by atoms with Crippen LogP contribution in [-0.2, 0) is 0 Å². The van der Waals surface area contributed by atoms with Gasteiger partial charge in [0.2, 0.25) is 0 Å². The van der Waals surface area contributed by atoms with Gasteiger partial charge >= 0.3 is 6.61 Å².